The molecule has 4 atom stereocenters. The fourth-order valence-corrected chi connectivity index (χ4v) is 3.65. The number of carbonyl (C=O) groups is 2. The summed E-state index contributed by atoms with van der Waals surface area (Å²) in [6, 6.07) is 0. The summed E-state index contributed by atoms with van der Waals surface area (Å²) in [6.45, 7) is 2.59. The second-order valence-electron chi connectivity index (χ2n) is 6.59. The minimum absolute atomic E-state index is 0.00480. The molecule has 2 fully saturated rings. The van der Waals surface area contributed by atoms with Crippen molar-refractivity contribution in [3.05, 3.63) is 20.3 Å². The third kappa shape index (κ3) is 4.45. The van der Waals surface area contributed by atoms with Gasteiger partial charge in [0.2, 0.25) is 5.91 Å². The highest BCUT2D eigenvalue weighted by atomic mass is 127. The zero-order valence-electron chi connectivity index (χ0n) is 15.1. The molecular weight excluding hydrogens is 487 g/mol. The third-order valence-electron chi connectivity index (χ3n) is 4.64. The lowest BCUT2D eigenvalue weighted by Crippen LogP contribution is -2.36. The van der Waals surface area contributed by atoms with E-state index >= 15 is 0 Å². The number of aliphatic hydroxyl groups is 2. The van der Waals surface area contributed by atoms with E-state index in [1.54, 1.807) is 11.8 Å². The standard InChI is InChI=1S/C16H21IN4O7/c1-8-11(23)12(24)14(28-8)21-7-9(17)13(18-15(21)25)19-16(26)27-6-5-20-4-2-3-10(20)22/h7-8,11-12,14,23-24H,2-6H2,1H3,(H,18,19,25,26)/t8-,11-,12-,14-/m1/s1. The lowest BCUT2D eigenvalue weighted by Gasteiger charge is -2.18. The SMILES string of the molecule is C[C@H]1O[C@@H](n2cc(I)c(NC(=O)OCCN3CCCC3=O)nc2=O)[C@H](O)[C@@H]1O. The Balaban J connectivity index is 1.60. The predicted molar refractivity (Wildman–Crippen MR) is 104 cm³/mol. The molecule has 2 aliphatic heterocycles. The van der Waals surface area contributed by atoms with Gasteiger partial charge >= 0.3 is 11.8 Å². The number of aliphatic hydroxyl groups excluding tert-OH is 2. The molecule has 0 radical (unpaired) electrons. The molecule has 0 aromatic carbocycles. The van der Waals surface area contributed by atoms with Crippen molar-refractivity contribution in [2.45, 2.75) is 44.3 Å². The van der Waals surface area contributed by atoms with Crippen molar-refractivity contribution in [3.63, 3.8) is 0 Å². The Hall–Kier alpha value is -1.77. The number of aromatic nitrogens is 2. The van der Waals surface area contributed by atoms with Crippen LogP contribution in [0, 0.1) is 3.57 Å². The van der Waals surface area contributed by atoms with Crippen LogP contribution in [0.15, 0.2) is 11.0 Å². The van der Waals surface area contributed by atoms with Gasteiger partial charge in [0, 0.05) is 19.2 Å². The van der Waals surface area contributed by atoms with Crippen LogP contribution in [0.3, 0.4) is 0 Å². The molecule has 2 amide bonds. The smallest absolute Gasteiger partial charge is 0.412 e. The summed E-state index contributed by atoms with van der Waals surface area (Å²) in [5, 5.41) is 22.2. The van der Waals surface area contributed by atoms with Gasteiger partial charge in [0.15, 0.2) is 12.0 Å². The molecule has 28 heavy (non-hydrogen) atoms. The molecule has 0 spiro atoms. The zero-order valence-corrected chi connectivity index (χ0v) is 17.2. The van der Waals surface area contributed by atoms with Crippen molar-refractivity contribution in [2.75, 3.05) is 25.0 Å². The molecule has 0 bridgehead atoms. The molecule has 2 saturated heterocycles. The molecule has 0 unspecified atom stereocenters. The van der Waals surface area contributed by atoms with Crippen molar-refractivity contribution in [1.82, 2.24) is 14.5 Å². The Labute approximate surface area is 173 Å². The molecule has 1 aromatic rings. The molecule has 3 rings (SSSR count). The summed E-state index contributed by atoms with van der Waals surface area (Å²) in [4.78, 5) is 41.1. The van der Waals surface area contributed by atoms with E-state index in [1.807, 2.05) is 22.6 Å². The second kappa shape index (κ2) is 8.71. The van der Waals surface area contributed by atoms with Gasteiger partial charge in [-0.25, -0.2) is 9.59 Å². The predicted octanol–water partition coefficient (Wildman–Crippen LogP) is -0.342. The van der Waals surface area contributed by atoms with Gasteiger partial charge in [0.05, 0.1) is 16.2 Å². The van der Waals surface area contributed by atoms with Crippen LogP contribution in [-0.2, 0) is 14.3 Å². The lowest BCUT2D eigenvalue weighted by atomic mass is 10.1. The summed E-state index contributed by atoms with van der Waals surface area (Å²) >= 11 is 1.87. The Kier molecular flexibility index (Phi) is 6.52. The van der Waals surface area contributed by atoms with Crippen LogP contribution < -0.4 is 11.0 Å². The van der Waals surface area contributed by atoms with Gasteiger partial charge in [-0.2, -0.15) is 4.98 Å². The number of rotatable bonds is 5. The summed E-state index contributed by atoms with van der Waals surface area (Å²) in [5.74, 6) is 0.0461. The van der Waals surface area contributed by atoms with Gasteiger partial charge in [-0.05, 0) is 35.9 Å². The minimum atomic E-state index is -1.28. The Morgan fingerprint density at radius 1 is 1.43 bits per heavy atom. The Bertz CT molecular complexity index is 817. The average molecular weight is 508 g/mol. The van der Waals surface area contributed by atoms with Gasteiger partial charge in [-0.15, -0.1) is 0 Å². The fraction of sp³-hybridized carbons (Fsp3) is 0.625. The number of likely N-dealkylation sites (tertiary alicyclic amines) is 1. The van der Waals surface area contributed by atoms with Crippen LogP contribution in [0.2, 0.25) is 0 Å². The number of nitrogens with zero attached hydrogens (tertiary/aromatic N) is 3. The van der Waals surface area contributed by atoms with E-state index in [4.69, 9.17) is 9.47 Å². The van der Waals surface area contributed by atoms with Gasteiger partial charge in [-0.3, -0.25) is 14.7 Å². The van der Waals surface area contributed by atoms with Gasteiger partial charge in [0.25, 0.3) is 0 Å². The summed E-state index contributed by atoms with van der Waals surface area (Å²) in [5.41, 5.74) is -0.760. The van der Waals surface area contributed by atoms with Crippen molar-refractivity contribution < 1.29 is 29.3 Å². The summed E-state index contributed by atoms with van der Waals surface area (Å²) in [6.07, 6.45) is -2.22. The van der Waals surface area contributed by atoms with Crippen molar-refractivity contribution in [2.24, 2.45) is 0 Å². The number of carbonyl (C=O) groups excluding carboxylic acids is 2. The average Bonchev–Trinajstić information content (AvgIpc) is 3.16. The molecule has 12 heteroatoms. The number of nitrogens with one attached hydrogen (secondary N) is 1. The molecule has 0 saturated carbocycles. The number of ether oxygens (including phenoxy) is 2. The van der Waals surface area contributed by atoms with E-state index in [0.717, 1.165) is 11.0 Å². The van der Waals surface area contributed by atoms with Crippen LogP contribution in [0.1, 0.15) is 26.0 Å². The van der Waals surface area contributed by atoms with E-state index < -0.39 is 36.3 Å². The number of hydrogen-bond acceptors (Lipinski definition) is 8. The van der Waals surface area contributed by atoms with Crippen LogP contribution >= 0.6 is 22.6 Å². The normalized spacial score (nSPS) is 27.3. The number of amides is 2. The quantitative estimate of drug-likeness (QED) is 0.459. The molecule has 11 nitrogen and oxygen atoms in total. The topological polar surface area (TPSA) is 143 Å². The Morgan fingerprint density at radius 2 is 2.18 bits per heavy atom. The maximum Gasteiger partial charge on any atom is 0.412 e. The first-order valence-electron chi connectivity index (χ1n) is 8.79. The summed E-state index contributed by atoms with van der Waals surface area (Å²) in [7, 11) is 0. The molecule has 0 aliphatic carbocycles. The van der Waals surface area contributed by atoms with Crippen molar-refractivity contribution in [1.29, 1.82) is 0 Å². The number of anilines is 1. The zero-order chi connectivity index (χ0) is 20.4. The van der Waals surface area contributed by atoms with Crippen molar-refractivity contribution >= 4 is 40.4 Å². The monoisotopic (exact) mass is 508 g/mol. The molecule has 3 N–H and O–H groups in total. The molecule has 1 aromatic heterocycles. The third-order valence-corrected chi connectivity index (χ3v) is 5.43. The van der Waals surface area contributed by atoms with Crippen LogP contribution in [0.5, 0.6) is 0 Å². The molecular formula is C16H21IN4O7. The largest absolute Gasteiger partial charge is 0.447 e. The maximum atomic E-state index is 12.3. The van der Waals surface area contributed by atoms with E-state index in [0.29, 0.717) is 23.1 Å². The first-order valence-corrected chi connectivity index (χ1v) is 9.87. The Morgan fingerprint density at radius 3 is 2.79 bits per heavy atom. The fourth-order valence-electron chi connectivity index (χ4n) is 3.09. The first kappa shape index (κ1) is 21.0. The highest BCUT2D eigenvalue weighted by Gasteiger charge is 2.42. The van der Waals surface area contributed by atoms with E-state index in [9.17, 15) is 24.6 Å². The van der Waals surface area contributed by atoms with Crippen LogP contribution in [0.25, 0.3) is 0 Å². The molecule has 3 heterocycles. The molecule has 2 aliphatic rings. The van der Waals surface area contributed by atoms with Crippen LogP contribution in [0.4, 0.5) is 10.6 Å². The first-order chi connectivity index (χ1) is 13.3. The van der Waals surface area contributed by atoms with Gasteiger partial charge in [0.1, 0.15) is 18.8 Å². The van der Waals surface area contributed by atoms with Gasteiger partial charge in [-0.1, -0.05) is 0 Å². The number of halogens is 1. The summed E-state index contributed by atoms with van der Waals surface area (Å²) < 4.78 is 11.9. The van der Waals surface area contributed by atoms with Crippen LogP contribution in [-0.4, -0.2) is 74.7 Å². The number of hydrogen-bond donors (Lipinski definition) is 3. The highest BCUT2D eigenvalue weighted by molar-refractivity contribution is 14.1. The van der Waals surface area contributed by atoms with Crippen molar-refractivity contribution in [3.8, 4) is 0 Å². The highest BCUT2D eigenvalue weighted by Crippen LogP contribution is 2.28. The van der Waals surface area contributed by atoms with Gasteiger partial charge < -0.3 is 24.6 Å². The van der Waals surface area contributed by atoms with E-state index in [2.05, 4.69) is 10.3 Å². The van der Waals surface area contributed by atoms with E-state index in [1.165, 1.54) is 6.20 Å². The lowest BCUT2D eigenvalue weighted by molar-refractivity contribution is -0.128. The second-order valence-corrected chi connectivity index (χ2v) is 7.75. The minimum Gasteiger partial charge on any atom is -0.447 e. The van der Waals surface area contributed by atoms with E-state index in [-0.39, 0.29) is 18.3 Å². The maximum absolute atomic E-state index is 12.3. The molecule has 154 valence electrons.